The first-order chi connectivity index (χ1) is 15.1. The molecule has 0 amide bonds. The molecule has 4 rings (SSSR count). The Morgan fingerprint density at radius 2 is 1.94 bits per heavy atom. The van der Waals surface area contributed by atoms with Gasteiger partial charge in [0.15, 0.2) is 5.60 Å². The van der Waals surface area contributed by atoms with Crippen LogP contribution in [0.1, 0.15) is 62.0 Å². The van der Waals surface area contributed by atoms with Gasteiger partial charge in [0.25, 0.3) is 5.56 Å². The Bertz CT molecular complexity index is 937. The van der Waals surface area contributed by atoms with Gasteiger partial charge in [-0.2, -0.15) is 0 Å². The van der Waals surface area contributed by atoms with E-state index in [0.29, 0.717) is 44.1 Å². The molecule has 166 valence electrons. The molecule has 0 radical (unpaired) electrons. The van der Waals surface area contributed by atoms with E-state index in [-0.39, 0.29) is 12.0 Å². The lowest BCUT2D eigenvalue weighted by Crippen LogP contribution is -2.40. The van der Waals surface area contributed by atoms with Gasteiger partial charge in [0.05, 0.1) is 6.61 Å². The number of ether oxygens (including phenoxy) is 2. The summed E-state index contributed by atoms with van der Waals surface area (Å²) in [6.45, 7) is 1.54. The van der Waals surface area contributed by atoms with Gasteiger partial charge >= 0.3 is 5.97 Å². The predicted octanol–water partition coefficient (Wildman–Crippen LogP) is 4.15. The third-order valence-electron chi connectivity index (χ3n) is 6.56. The number of carbonyl (C=O) groups is 1. The number of hydrogen-bond acceptors (Lipinski definition) is 4. The molecule has 1 saturated carbocycles. The Balaban J connectivity index is 1.26. The molecule has 31 heavy (non-hydrogen) atoms. The highest BCUT2D eigenvalue weighted by Gasteiger charge is 2.43. The Kier molecular flexibility index (Phi) is 6.76. The first-order valence-corrected chi connectivity index (χ1v) is 11.4. The Morgan fingerprint density at radius 1 is 1.16 bits per heavy atom. The highest BCUT2D eigenvalue weighted by Crippen LogP contribution is 2.34. The molecule has 1 aromatic carbocycles. The molecule has 1 atom stereocenters. The normalized spacial score (nSPS) is 21.4. The van der Waals surface area contributed by atoms with Crippen LogP contribution in [0.5, 0.6) is 5.75 Å². The van der Waals surface area contributed by atoms with E-state index in [9.17, 15) is 14.7 Å². The van der Waals surface area contributed by atoms with Crippen LogP contribution < -0.4 is 10.3 Å². The monoisotopic (exact) mass is 425 g/mol. The number of nitrogens with zero attached hydrogens (tertiary/aromatic N) is 1. The van der Waals surface area contributed by atoms with E-state index in [4.69, 9.17) is 9.47 Å². The van der Waals surface area contributed by atoms with Crippen molar-refractivity contribution in [3.63, 3.8) is 0 Å². The minimum Gasteiger partial charge on any atom is -0.494 e. The van der Waals surface area contributed by atoms with E-state index in [0.717, 1.165) is 12.2 Å². The van der Waals surface area contributed by atoms with E-state index in [2.05, 4.69) is 12.1 Å². The molecule has 2 heterocycles. The maximum Gasteiger partial charge on any atom is 0.336 e. The predicted molar refractivity (Wildman–Crippen MR) is 118 cm³/mol. The van der Waals surface area contributed by atoms with Gasteiger partial charge in [-0.05, 0) is 67.3 Å². The number of hydrogen-bond donors (Lipinski definition) is 1. The number of aromatic nitrogens is 1. The van der Waals surface area contributed by atoms with Crippen molar-refractivity contribution in [3.05, 3.63) is 64.1 Å². The molecule has 1 N–H and O–H groups in total. The lowest BCUT2D eigenvalue weighted by Gasteiger charge is -2.23. The van der Waals surface area contributed by atoms with Crippen LogP contribution >= 0.6 is 0 Å². The summed E-state index contributed by atoms with van der Waals surface area (Å²) in [5.74, 6) is 0.608. The summed E-state index contributed by atoms with van der Waals surface area (Å²) < 4.78 is 13.0. The van der Waals surface area contributed by atoms with Crippen LogP contribution in [0.25, 0.3) is 0 Å². The number of pyridine rings is 1. The summed E-state index contributed by atoms with van der Waals surface area (Å²) in [5.41, 5.74) is 0.782. The van der Waals surface area contributed by atoms with Crippen molar-refractivity contribution in [2.45, 2.75) is 69.4 Å². The van der Waals surface area contributed by atoms with Crippen LogP contribution in [0.2, 0.25) is 0 Å². The van der Waals surface area contributed by atoms with Crippen LogP contribution in [0.15, 0.2) is 47.4 Å². The zero-order valence-corrected chi connectivity index (χ0v) is 17.9. The molecule has 2 aliphatic rings. The van der Waals surface area contributed by atoms with Crippen molar-refractivity contribution in [2.75, 3.05) is 13.2 Å². The summed E-state index contributed by atoms with van der Waals surface area (Å²) in [4.78, 5) is 24.1. The van der Waals surface area contributed by atoms with Gasteiger partial charge in [0.1, 0.15) is 5.75 Å². The Labute approximate surface area is 182 Å². The number of aryl methyl sites for hydroxylation is 1. The van der Waals surface area contributed by atoms with Crippen LogP contribution in [0.3, 0.4) is 0 Å². The first-order valence-electron chi connectivity index (χ1n) is 11.4. The van der Waals surface area contributed by atoms with Crippen molar-refractivity contribution in [2.24, 2.45) is 0 Å². The van der Waals surface area contributed by atoms with E-state index in [1.807, 2.05) is 18.2 Å². The molecule has 2 fully saturated rings. The largest absolute Gasteiger partial charge is 0.494 e. The van der Waals surface area contributed by atoms with Gasteiger partial charge in [0, 0.05) is 31.8 Å². The standard InChI is InChI=1S/C25H31NO5/c27-23-17-19(18-25(24(28)29)12-3-16-31-25)11-14-26(23)13-4-15-30-22-9-7-21(8-10-22)20-5-1-2-6-20/h7-11,14,17,20H,1-6,12-13,15-16,18H2,(H,28,29). The lowest BCUT2D eigenvalue weighted by atomic mass is 9.92. The zero-order valence-electron chi connectivity index (χ0n) is 17.9. The first kappa shape index (κ1) is 21.6. The van der Waals surface area contributed by atoms with E-state index >= 15 is 0 Å². The van der Waals surface area contributed by atoms with Crippen LogP contribution in [-0.2, 0) is 22.5 Å². The summed E-state index contributed by atoms with van der Waals surface area (Å²) in [7, 11) is 0. The van der Waals surface area contributed by atoms with Gasteiger partial charge in [-0.25, -0.2) is 4.79 Å². The lowest BCUT2D eigenvalue weighted by molar-refractivity contribution is -0.159. The third-order valence-corrected chi connectivity index (χ3v) is 6.56. The molecule has 1 aromatic heterocycles. The van der Waals surface area contributed by atoms with Gasteiger partial charge in [-0.3, -0.25) is 4.79 Å². The highest BCUT2D eigenvalue weighted by molar-refractivity contribution is 5.78. The molecule has 1 saturated heterocycles. The molecular weight excluding hydrogens is 394 g/mol. The second kappa shape index (κ2) is 9.69. The minimum absolute atomic E-state index is 0.128. The summed E-state index contributed by atoms with van der Waals surface area (Å²) in [6, 6.07) is 11.8. The van der Waals surface area contributed by atoms with Gasteiger partial charge < -0.3 is 19.1 Å². The highest BCUT2D eigenvalue weighted by atomic mass is 16.5. The Hall–Kier alpha value is -2.60. The number of benzene rings is 1. The fourth-order valence-electron chi connectivity index (χ4n) is 4.77. The van der Waals surface area contributed by atoms with Gasteiger partial charge in [0.2, 0.25) is 0 Å². The number of carboxylic acid groups (broad SMARTS) is 1. The molecule has 1 aliphatic carbocycles. The zero-order chi connectivity index (χ0) is 21.7. The van der Waals surface area contributed by atoms with Crippen molar-refractivity contribution in [1.29, 1.82) is 0 Å². The smallest absolute Gasteiger partial charge is 0.336 e. The second-order valence-electron chi connectivity index (χ2n) is 8.75. The maximum atomic E-state index is 12.4. The molecule has 1 aliphatic heterocycles. The van der Waals surface area contributed by atoms with Gasteiger partial charge in [-0.1, -0.05) is 25.0 Å². The topological polar surface area (TPSA) is 77.8 Å². The average Bonchev–Trinajstić information content (AvgIpc) is 3.46. The SMILES string of the molecule is O=C(O)C1(Cc2ccn(CCCOc3ccc(C4CCCC4)cc3)c(=O)c2)CCCO1. The van der Waals surface area contributed by atoms with E-state index in [1.165, 1.54) is 37.3 Å². The fraction of sp³-hybridized carbons (Fsp3) is 0.520. The fourth-order valence-corrected chi connectivity index (χ4v) is 4.77. The van der Waals surface area contributed by atoms with Crippen molar-refractivity contribution in [3.8, 4) is 5.75 Å². The maximum absolute atomic E-state index is 12.4. The van der Waals surface area contributed by atoms with Crippen molar-refractivity contribution >= 4 is 5.97 Å². The number of aliphatic carboxylic acids is 1. The molecule has 0 bridgehead atoms. The van der Waals surface area contributed by atoms with E-state index < -0.39 is 11.6 Å². The second-order valence-corrected chi connectivity index (χ2v) is 8.75. The molecule has 2 aromatic rings. The molecule has 6 nitrogen and oxygen atoms in total. The van der Waals surface area contributed by atoms with Crippen LogP contribution in [0.4, 0.5) is 0 Å². The van der Waals surface area contributed by atoms with Gasteiger partial charge in [-0.15, -0.1) is 0 Å². The molecule has 6 heteroatoms. The van der Waals surface area contributed by atoms with E-state index in [1.54, 1.807) is 10.8 Å². The van der Waals surface area contributed by atoms with Crippen molar-refractivity contribution < 1.29 is 19.4 Å². The Morgan fingerprint density at radius 3 is 2.58 bits per heavy atom. The number of rotatable bonds is 9. The quantitative estimate of drug-likeness (QED) is 0.611. The third kappa shape index (κ3) is 5.18. The minimum atomic E-state index is -1.19. The molecular formula is C25H31NO5. The number of carboxylic acids is 1. The average molecular weight is 426 g/mol. The summed E-state index contributed by atoms with van der Waals surface area (Å²) >= 11 is 0. The summed E-state index contributed by atoms with van der Waals surface area (Å²) in [6.07, 6.45) is 9.12. The van der Waals surface area contributed by atoms with Crippen LogP contribution in [-0.4, -0.2) is 34.5 Å². The summed E-state index contributed by atoms with van der Waals surface area (Å²) in [5, 5.41) is 9.53. The molecule has 0 spiro atoms. The van der Waals surface area contributed by atoms with Crippen molar-refractivity contribution in [1.82, 2.24) is 4.57 Å². The molecule has 1 unspecified atom stereocenters. The van der Waals surface area contributed by atoms with Crippen LogP contribution in [0, 0.1) is 0 Å².